The van der Waals surface area contributed by atoms with Crippen molar-refractivity contribution < 1.29 is 4.42 Å². The molecule has 0 fully saturated rings. The number of hydrogen-bond acceptors (Lipinski definition) is 1. The van der Waals surface area contributed by atoms with Crippen LogP contribution in [-0.2, 0) is 0 Å². The van der Waals surface area contributed by atoms with E-state index in [0.29, 0.717) is 0 Å². The van der Waals surface area contributed by atoms with Crippen molar-refractivity contribution in [2.24, 2.45) is 0 Å². The monoisotopic (exact) mass is 347 g/mol. The zero-order chi connectivity index (χ0) is 18.0. The molecule has 0 aliphatic heterocycles. The van der Waals surface area contributed by atoms with Gasteiger partial charge in [-0.15, -0.1) is 0 Å². The molecule has 0 radical (unpaired) electrons. The molecule has 6 rings (SSSR count). The summed E-state index contributed by atoms with van der Waals surface area (Å²) in [4.78, 5) is 0. The van der Waals surface area contributed by atoms with Gasteiger partial charge in [0.25, 0.3) is 0 Å². The van der Waals surface area contributed by atoms with Crippen molar-refractivity contribution in [1.29, 1.82) is 0 Å². The standard InChI is InChI=1S/C25H17NO/c1-16-11-12-20-22(15-16)26(17-7-3-2-4-8-17)21-14-13-19-18-9-5-6-10-23(18)27-25(19)24(20)21/h2-15H,1H3. The molecule has 0 aliphatic rings. The second-order valence-corrected chi connectivity index (χ2v) is 7.13. The molecule has 0 aliphatic carbocycles. The van der Waals surface area contributed by atoms with Crippen molar-refractivity contribution in [2.75, 3.05) is 0 Å². The van der Waals surface area contributed by atoms with Crippen LogP contribution in [-0.4, -0.2) is 4.57 Å². The van der Waals surface area contributed by atoms with Crippen molar-refractivity contribution in [3.63, 3.8) is 0 Å². The van der Waals surface area contributed by atoms with Gasteiger partial charge in [-0.05, 0) is 48.9 Å². The summed E-state index contributed by atoms with van der Waals surface area (Å²) in [5.41, 5.74) is 6.71. The lowest BCUT2D eigenvalue weighted by molar-refractivity contribution is 0.673. The summed E-state index contributed by atoms with van der Waals surface area (Å²) in [7, 11) is 0. The van der Waals surface area contributed by atoms with Gasteiger partial charge >= 0.3 is 0 Å². The molecular formula is C25H17NO. The summed E-state index contributed by atoms with van der Waals surface area (Å²) in [6, 6.07) is 29.9. The molecule has 0 spiro atoms. The van der Waals surface area contributed by atoms with E-state index in [-0.39, 0.29) is 0 Å². The summed E-state index contributed by atoms with van der Waals surface area (Å²) in [6.07, 6.45) is 0. The summed E-state index contributed by atoms with van der Waals surface area (Å²) < 4.78 is 8.68. The minimum absolute atomic E-state index is 0.938. The Morgan fingerprint density at radius 3 is 2.33 bits per heavy atom. The molecule has 0 unspecified atom stereocenters. The van der Waals surface area contributed by atoms with Gasteiger partial charge in [0.2, 0.25) is 0 Å². The summed E-state index contributed by atoms with van der Waals surface area (Å²) in [5.74, 6) is 0. The number of nitrogens with zero attached hydrogens (tertiary/aromatic N) is 1. The number of para-hydroxylation sites is 2. The van der Waals surface area contributed by atoms with Crippen LogP contribution in [0, 0.1) is 6.92 Å². The minimum Gasteiger partial charge on any atom is -0.455 e. The third kappa shape index (κ3) is 1.95. The number of benzene rings is 4. The summed E-state index contributed by atoms with van der Waals surface area (Å²) in [5, 5.41) is 4.75. The number of aromatic nitrogens is 1. The molecule has 0 saturated heterocycles. The molecule has 27 heavy (non-hydrogen) atoms. The highest BCUT2D eigenvalue weighted by atomic mass is 16.3. The quantitative estimate of drug-likeness (QED) is 0.313. The molecule has 6 aromatic rings. The normalized spacial score (nSPS) is 11.9. The van der Waals surface area contributed by atoms with Crippen molar-refractivity contribution in [3.8, 4) is 5.69 Å². The largest absolute Gasteiger partial charge is 0.455 e. The molecule has 0 amide bonds. The van der Waals surface area contributed by atoms with Gasteiger partial charge in [-0.1, -0.05) is 48.5 Å². The Labute approximate surface area is 156 Å². The number of rotatable bonds is 1. The first-order chi connectivity index (χ1) is 13.3. The SMILES string of the molecule is Cc1ccc2c3c4oc5ccccc5c4ccc3n(-c3ccccc3)c2c1. The van der Waals surface area contributed by atoms with Crippen LogP contribution in [0.3, 0.4) is 0 Å². The summed E-state index contributed by atoms with van der Waals surface area (Å²) >= 11 is 0. The van der Waals surface area contributed by atoms with Gasteiger partial charge in [0.05, 0.1) is 16.4 Å². The van der Waals surface area contributed by atoms with E-state index in [1.165, 1.54) is 43.8 Å². The van der Waals surface area contributed by atoms with E-state index >= 15 is 0 Å². The van der Waals surface area contributed by atoms with Crippen LogP contribution < -0.4 is 0 Å². The van der Waals surface area contributed by atoms with Gasteiger partial charge in [0.1, 0.15) is 11.2 Å². The molecule has 4 aromatic carbocycles. The third-order valence-electron chi connectivity index (χ3n) is 5.44. The average Bonchev–Trinajstić information content (AvgIpc) is 3.23. The lowest BCUT2D eigenvalue weighted by atomic mass is 10.1. The maximum absolute atomic E-state index is 6.34. The molecule has 2 heterocycles. The maximum atomic E-state index is 6.34. The fourth-order valence-corrected chi connectivity index (χ4v) is 4.25. The number of fused-ring (bicyclic) bond motifs is 7. The molecule has 2 aromatic heterocycles. The van der Waals surface area contributed by atoms with E-state index in [4.69, 9.17) is 4.42 Å². The lowest BCUT2D eigenvalue weighted by Crippen LogP contribution is -1.93. The Kier molecular flexibility index (Phi) is 2.84. The second-order valence-electron chi connectivity index (χ2n) is 7.13. The molecule has 2 heteroatoms. The van der Waals surface area contributed by atoms with E-state index in [9.17, 15) is 0 Å². The molecular weight excluding hydrogens is 330 g/mol. The first-order valence-corrected chi connectivity index (χ1v) is 9.22. The van der Waals surface area contributed by atoms with Crippen LogP contribution in [0.15, 0.2) is 89.3 Å². The lowest BCUT2D eigenvalue weighted by Gasteiger charge is -2.07. The van der Waals surface area contributed by atoms with Gasteiger partial charge < -0.3 is 8.98 Å². The van der Waals surface area contributed by atoms with Crippen molar-refractivity contribution >= 4 is 43.7 Å². The molecule has 0 N–H and O–H groups in total. The van der Waals surface area contributed by atoms with Crippen molar-refractivity contribution in [1.82, 2.24) is 4.57 Å². The topological polar surface area (TPSA) is 18.1 Å². The molecule has 0 saturated carbocycles. The van der Waals surface area contributed by atoms with Gasteiger partial charge in [0, 0.05) is 21.8 Å². The molecule has 0 bridgehead atoms. The van der Waals surface area contributed by atoms with Gasteiger partial charge in [-0.3, -0.25) is 0 Å². The van der Waals surface area contributed by atoms with Gasteiger partial charge in [0.15, 0.2) is 0 Å². The van der Waals surface area contributed by atoms with Crippen molar-refractivity contribution in [2.45, 2.75) is 6.92 Å². The maximum Gasteiger partial charge on any atom is 0.145 e. The van der Waals surface area contributed by atoms with Gasteiger partial charge in [-0.2, -0.15) is 0 Å². The minimum atomic E-state index is 0.938. The third-order valence-corrected chi connectivity index (χ3v) is 5.44. The Balaban J connectivity index is 1.89. The first-order valence-electron chi connectivity index (χ1n) is 9.22. The smallest absolute Gasteiger partial charge is 0.145 e. The van der Waals surface area contributed by atoms with Crippen molar-refractivity contribution in [3.05, 3.63) is 90.5 Å². The molecule has 128 valence electrons. The van der Waals surface area contributed by atoms with Crippen LogP contribution >= 0.6 is 0 Å². The number of hydrogen-bond donors (Lipinski definition) is 0. The second kappa shape index (κ2) is 5.24. The van der Waals surface area contributed by atoms with Crippen LogP contribution in [0.5, 0.6) is 0 Å². The fourth-order valence-electron chi connectivity index (χ4n) is 4.25. The highest BCUT2D eigenvalue weighted by molar-refractivity contribution is 6.23. The van der Waals surface area contributed by atoms with Crippen LogP contribution in [0.4, 0.5) is 0 Å². The van der Waals surface area contributed by atoms with E-state index < -0.39 is 0 Å². The van der Waals surface area contributed by atoms with E-state index in [0.717, 1.165) is 11.2 Å². The zero-order valence-electron chi connectivity index (χ0n) is 14.9. The predicted molar refractivity (Wildman–Crippen MR) is 113 cm³/mol. The van der Waals surface area contributed by atoms with Crippen LogP contribution in [0.2, 0.25) is 0 Å². The number of furan rings is 1. The van der Waals surface area contributed by atoms with E-state index in [1.54, 1.807) is 0 Å². The van der Waals surface area contributed by atoms with E-state index in [2.05, 4.69) is 84.3 Å². The van der Waals surface area contributed by atoms with Crippen LogP contribution in [0.25, 0.3) is 49.4 Å². The number of aryl methyl sites for hydroxylation is 1. The Hall–Kier alpha value is -3.52. The Bertz CT molecular complexity index is 1470. The first kappa shape index (κ1) is 14.6. The zero-order valence-corrected chi connectivity index (χ0v) is 14.9. The Morgan fingerprint density at radius 2 is 1.44 bits per heavy atom. The average molecular weight is 347 g/mol. The fraction of sp³-hybridized carbons (Fsp3) is 0.0400. The highest BCUT2D eigenvalue weighted by Gasteiger charge is 2.18. The van der Waals surface area contributed by atoms with Gasteiger partial charge in [-0.25, -0.2) is 0 Å². The Morgan fingerprint density at radius 1 is 0.667 bits per heavy atom. The highest BCUT2D eigenvalue weighted by Crippen LogP contribution is 2.40. The molecule has 0 atom stereocenters. The molecule has 2 nitrogen and oxygen atoms in total. The van der Waals surface area contributed by atoms with Crippen LogP contribution in [0.1, 0.15) is 5.56 Å². The predicted octanol–water partition coefficient (Wildman–Crippen LogP) is 6.99. The van der Waals surface area contributed by atoms with E-state index in [1.807, 2.05) is 12.1 Å². The summed E-state index contributed by atoms with van der Waals surface area (Å²) in [6.45, 7) is 2.14.